The maximum Gasteiger partial charge on any atom is 0.323 e. The summed E-state index contributed by atoms with van der Waals surface area (Å²) in [6, 6.07) is 1.05. The lowest BCUT2D eigenvalue weighted by atomic mass is 10.1. The van der Waals surface area contributed by atoms with E-state index in [0.717, 1.165) is 10.0 Å². The molecule has 1 atom stereocenters. The number of hydrogen-bond donors (Lipinski definition) is 2. The van der Waals surface area contributed by atoms with Gasteiger partial charge in [-0.1, -0.05) is 11.6 Å². The lowest BCUT2D eigenvalue weighted by Gasteiger charge is -2.17. The number of hydrazone groups is 2. The molecule has 0 saturated carbocycles. The van der Waals surface area contributed by atoms with Gasteiger partial charge in [0.15, 0.2) is 5.82 Å². The van der Waals surface area contributed by atoms with Crippen LogP contribution in [-0.4, -0.2) is 36.0 Å². The lowest BCUT2D eigenvalue weighted by Crippen LogP contribution is -2.21. The van der Waals surface area contributed by atoms with Crippen molar-refractivity contribution in [2.75, 3.05) is 22.9 Å². The molecule has 0 saturated heterocycles. The lowest BCUT2D eigenvalue weighted by molar-refractivity contribution is 0.119. The Hall–Kier alpha value is -2.56. The normalized spacial score (nSPS) is 11.9. The first kappa shape index (κ1) is 21.7. The molecule has 148 valence electrons. The first-order valence-corrected chi connectivity index (χ1v) is 9.23. The minimum atomic E-state index is -0.486. The zero-order valence-corrected chi connectivity index (χ0v) is 17.8. The van der Waals surface area contributed by atoms with E-state index < -0.39 is 6.03 Å². The fraction of sp³-hybridized carbons (Fsp3) is 0.235. The van der Waals surface area contributed by atoms with Gasteiger partial charge in [0.05, 0.1) is 34.9 Å². The Morgan fingerprint density at radius 3 is 2.79 bits per heavy atom. The van der Waals surface area contributed by atoms with Crippen molar-refractivity contribution in [3.05, 3.63) is 39.7 Å². The summed E-state index contributed by atoms with van der Waals surface area (Å²) in [6.07, 6.45) is 5.88. The molecule has 2 N–H and O–H groups in total. The van der Waals surface area contributed by atoms with E-state index in [-0.39, 0.29) is 16.9 Å². The van der Waals surface area contributed by atoms with Gasteiger partial charge in [0.25, 0.3) is 0 Å². The van der Waals surface area contributed by atoms with E-state index in [1.807, 2.05) is 6.92 Å². The molecule has 0 fully saturated rings. The second-order valence-electron chi connectivity index (χ2n) is 5.37. The SMILES string of the molecule is C=NN(/N=C\C)c1ncc(NC(=O)Nc2cncc(Br)c2C(C)OC)cc1Cl. The number of carbonyl (C=O) groups excluding carboxylic acids is 1. The van der Waals surface area contributed by atoms with Crippen LogP contribution in [-0.2, 0) is 4.74 Å². The Morgan fingerprint density at radius 2 is 2.18 bits per heavy atom. The largest absolute Gasteiger partial charge is 0.377 e. The molecule has 1 unspecified atom stereocenters. The highest BCUT2D eigenvalue weighted by Crippen LogP contribution is 2.31. The Balaban J connectivity index is 2.17. The number of anilines is 3. The van der Waals surface area contributed by atoms with Crippen molar-refractivity contribution < 1.29 is 9.53 Å². The third-order valence-corrected chi connectivity index (χ3v) is 4.49. The summed E-state index contributed by atoms with van der Waals surface area (Å²) in [6.45, 7) is 7.00. The Labute approximate surface area is 176 Å². The van der Waals surface area contributed by atoms with Gasteiger partial charge >= 0.3 is 6.03 Å². The number of halogens is 2. The number of rotatable bonds is 7. The van der Waals surface area contributed by atoms with Crippen molar-refractivity contribution in [1.29, 1.82) is 0 Å². The summed E-state index contributed by atoms with van der Waals surface area (Å²) in [5, 5.41) is 14.5. The van der Waals surface area contributed by atoms with Crippen LogP contribution in [0.25, 0.3) is 0 Å². The van der Waals surface area contributed by atoms with Crippen LogP contribution in [0.2, 0.25) is 5.02 Å². The second-order valence-corrected chi connectivity index (χ2v) is 6.64. The molecule has 2 aromatic heterocycles. The number of pyridine rings is 2. The number of methoxy groups -OCH3 is 1. The molecule has 0 spiro atoms. The van der Waals surface area contributed by atoms with Crippen molar-refractivity contribution in [1.82, 2.24) is 9.97 Å². The van der Waals surface area contributed by atoms with Crippen LogP contribution in [0, 0.1) is 0 Å². The van der Waals surface area contributed by atoms with Crippen molar-refractivity contribution in [2.45, 2.75) is 20.0 Å². The first-order chi connectivity index (χ1) is 13.4. The van der Waals surface area contributed by atoms with Gasteiger partial charge in [-0.15, -0.1) is 5.12 Å². The van der Waals surface area contributed by atoms with Gasteiger partial charge in [-0.25, -0.2) is 9.78 Å². The third-order valence-electron chi connectivity index (χ3n) is 3.58. The van der Waals surface area contributed by atoms with Crippen LogP contribution in [0.5, 0.6) is 0 Å². The molecule has 0 aliphatic rings. The zero-order valence-electron chi connectivity index (χ0n) is 15.5. The molecule has 0 aliphatic carbocycles. The standard InChI is InChI=1S/C17H19BrClN7O2/c1-5-23-26(20-3)16-13(19)6-11(7-22-16)24-17(27)25-14-9-21-8-12(18)15(14)10(2)28-4/h5-10H,3H2,1-2,4H3,(H2,24,25,27)/b23-5-. The van der Waals surface area contributed by atoms with Gasteiger partial charge in [-0.3, -0.25) is 4.98 Å². The van der Waals surface area contributed by atoms with Gasteiger partial charge in [0.2, 0.25) is 0 Å². The minimum Gasteiger partial charge on any atom is -0.377 e. The van der Waals surface area contributed by atoms with Crippen molar-refractivity contribution in [3.8, 4) is 0 Å². The monoisotopic (exact) mass is 467 g/mol. The number of hydrogen-bond acceptors (Lipinski definition) is 7. The molecule has 0 aliphatic heterocycles. The van der Waals surface area contributed by atoms with Crippen LogP contribution in [0.15, 0.2) is 39.3 Å². The number of nitrogens with one attached hydrogen (secondary N) is 2. The number of amides is 2. The highest BCUT2D eigenvalue weighted by atomic mass is 79.9. The predicted octanol–water partition coefficient (Wildman–Crippen LogP) is 4.67. The fourth-order valence-corrected chi connectivity index (χ4v) is 3.17. The van der Waals surface area contributed by atoms with Crippen LogP contribution in [0.1, 0.15) is 25.5 Å². The summed E-state index contributed by atoms with van der Waals surface area (Å²) in [5.74, 6) is 0.285. The van der Waals surface area contributed by atoms with E-state index in [1.54, 1.807) is 26.4 Å². The first-order valence-electron chi connectivity index (χ1n) is 8.06. The summed E-state index contributed by atoms with van der Waals surface area (Å²) in [7, 11) is 1.58. The molecule has 11 heteroatoms. The fourth-order valence-electron chi connectivity index (χ4n) is 2.27. The van der Waals surface area contributed by atoms with E-state index in [2.05, 4.69) is 53.5 Å². The van der Waals surface area contributed by atoms with Crippen LogP contribution in [0.4, 0.5) is 22.0 Å². The van der Waals surface area contributed by atoms with E-state index in [1.165, 1.54) is 23.6 Å². The van der Waals surface area contributed by atoms with Crippen LogP contribution < -0.4 is 15.8 Å². The second kappa shape index (κ2) is 10.1. The third kappa shape index (κ3) is 5.24. The maximum absolute atomic E-state index is 12.4. The summed E-state index contributed by atoms with van der Waals surface area (Å²) >= 11 is 9.64. The molecule has 2 rings (SSSR count). The van der Waals surface area contributed by atoms with Gasteiger partial charge < -0.3 is 15.4 Å². The van der Waals surface area contributed by atoms with Gasteiger partial charge in [0.1, 0.15) is 0 Å². The number of carbonyl (C=O) groups is 1. The molecule has 2 aromatic rings. The Morgan fingerprint density at radius 1 is 1.43 bits per heavy atom. The highest BCUT2D eigenvalue weighted by Gasteiger charge is 2.17. The van der Waals surface area contributed by atoms with Gasteiger partial charge in [0, 0.05) is 36.3 Å². The minimum absolute atomic E-state index is 0.244. The molecular weight excluding hydrogens is 450 g/mol. The average Bonchev–Trinajstić information content (AvgIpc) is 2.66. The molecule has 2 amide bonds. The van der Waals surface area contributed by atoms with Gasteiger partial charge in [-0.05, 0) is 35.8 Å². The van der Waals surface area contributed by atoms with Crippen LogP contribution in [0.3, 0.4) is 0 Å². The average molecular weight is 469 g/mol. The molecule has 0 bridgehead atoms. The Kier molecular flexibility index (Phi) is 7.85. The van der Waals surface area contributed by atoms with E-state index >= 15 is 0 Å². The summed E-state index contributed by atoms with van der Waals surface area (Å²) in [4.78, 5) is 20.7. The van der Waals surface area contributed by atoms with E-state index in [9.17, 15) is 4.79 Å². The van der Waals surface area contributed by atoms with E-state index in [4.69, 9.17) is 16.3 Å². The molecular formula is C17H19BrClN7O2. The van der Waals surface area contributed by atoms with Gasteiger partial charge in [-0.2, -0.15) is 10.2 Å². The number of ether oxygens (including phenoxy) is 1. The van der Waals surface area contributed by atoms with Crippen LogP contribution >= 0.6 is 27.5 Å². The molecule has 28 heavy (non-hydrogen) atoms. The topological polar surface area (TPSA) is 104 Å². The van der Waals surface area contributed by atoms with E-state index in [0.29, 0.717) is 11.4 Å². The summed E-state index contributed by atoms with van der Waals surface area (Å²) < 4.78 is 6.08. The van der Waals surface area contributed by atoms with Crippen molar-refractivity contribution in [2.24, 2.45) is 10.2 Å². The highest BCUT2D eigenvalue weighted by molar-refractivity contribution is 9.10. The molecule has 0 aromatic carbocycles. The number of urea groups is 1. The predicted molar refractivity (Wildman–Crippen MR) is 115 cm³/mol. The zero-order chi connectivity index (χ0) is 20.7. The summed E-state index contributed by atoms with van der Waals surface area (Å²) in [5.41, 5.74) is 1.67. The molecule has 2 heterocycles. The van der Waals surface area contributed by atoms with Crippen molar-refractivity contribution >= 4 is 63.7 Å². The Bertz CT molecular complexity index is 894. The maximum atomic E-state index is 12.4. The smallest absolute Gasteiger partial charge is 0.323 e. The quantitative estimate of drug-likeness (QED) is 0.454. The number of aromatic nitrogens is 2. The van der Waals surface area contributed by atoms with Crippen molar-refractivity contribution in [3.63, 3.8) is 0 Å². The number of nitrogens with zero attached hydrogens (tertiary/aromatic N) is 5. The molecule has 9 nitrogen and oxygen atoms in total. The molecule has 0 radical (unpaired) electrons.